The summed E-state index contributed by atoms with van der Waals surface area (Å²) in [5, 5.41) is 32.0. The molecule has 0 spiro atoms. The Labute approximate surface area is 237 Å². The highest BCUT2D eigenvalue weighted by molar-refractivity contribution is 6.32. The van der Waals surface area contributed by atoms with Crippen molar-refractivity contribution in [2.45, 2.75) is 25.4 Å². The highest BCUT2D eigenvalue weighted by atomic mass is 35.5. The highest BCUT2D eigenvalue weighted by Gasteiger charge is 2.57. The molecule has 0 bridgehead atoms. The van der Waals surface area contributed by atoms with Crippen LogP contribution in [0.3, 0.4) is 0 Å². The van der Waals surface area contributed by atoms with Crippen LogP contribution in [-0.2, 0) is 19.1 Å². The maximum atomic E-state index is 13.2. The van der Waals surface area contributed by atoms with Gasteiger partial charge in [0.05, 0.1) is 43.3 Å². The maximum absolute atomic E-state index is 13.2. The van der Waals surface area contributed by atoms with Crippen LogP contribution in [-0.4, -0.2) is 71.7 Å². The molecule has 1 saturated heterocycles. The summed E-state index contributed by atoms with van der Waals surface area (Å²) in [5.74, 6) is -4.10. The molecule has 1 aliphatic heterocycles. The second-order valence-corrected chi connectivity index (χ2v) is 10.3. The molecule has 0 saturated carbocycles. The number of carbonyl (C=O) groups excluding carboxylic acids is 3. The predicted molar refractivity (Wildman–Crippen MR) is 148 cm³/mol. The van der Waals surface area contributed by atoms with Gasteiger partial charge in [0.1, 0.15) is 5.75 Å². The SMILES string of the molecule is COCC1=C([C@H](O)CC/C(=C/c2ccc(O)cc2Cl)c2ccccc2)[C@H](CO)[C@@H]2C(=O)N(C(=O)OC)C(=O)[C@@H]2C1. The molecule has 3 N–H and O–H groups in total. The van der Waals surface area contributed by atoms with Crippen LogP contribution >= 0.6 is 11.6 Å². The number of ether oxygens (including phenoxy) is 2. The molecule has 1 heterocycles. The Balaban J connectivity index is 1.66. The number of hydrogen-bond acceptors (Lipinski definition) is 8. The Kier molecular flexibility index (Phi) is 9.42. The molecule has 1 aliphatic carbocycles. The highest BCUT2D eigenvalue weighted by Crippen LogP contribution is 2.46. The number of carbonyl (C=O) groups is 3. The third-order valence-electron chi connectivity index (χ3n) is 7.56. The van der Waals surface area contributed by atoms with Gasteiger partial charge in [-0.15, -0.1) is 0 Å². The van der Waals surface area contributed by atoms with Gasteiger partial charge in [0.2, 0.25) is 11.8 Å². The van der Waals surface area contributed by atoms with Crippen LogP contribution in [0.4, 0.5) is 4.79 Å². The van der Waals surface area contributed by atoms with Crippen molar-refractivity contribution in [1.29, 1.82) is 0 Å². The number of fused-ring (bicyclic) bond motifs is 1. The summed E-state index contributed by atoms with van der Waals surface area (Å²) in [6, 6.07) is 14.3. The number of phenolic OH excluding ortho intramolecular Hbond substituents is 1. The number of hydrogen-bond donors (Lipinski definition) is 3. The van der Waals surface area contributed by atoms with Crippen LogP contribution < -0.4 is 0 Å². The van der Waals surface area contributed by atoms with Crippen LogP contribution in [0, 0.1) is 17.8 Å². The fourth-order valence-corrected chi connectivity index (χ4v) is 5.99. The lowest BCUT2D eigenvalue weighted by atomic mass is 9.68. The van der Waals surface area contributed by atoms with E-state index in [0.717, 1.165) is 18.2 Å². The lowest BCUT2D eigenvalue weighted by Gasteiger charge is -2.36. The first-order valence-electron chi connectivity index (χ1n) is 12.9. The lowest BCUT2D eigenvalue weighted by molar-refractivity contribution is -0.137. The van der Waals surface area contributed by atoms with Crippen molar-refractivity contribution >= 4 is 41.2 Å². The van der Waals surface area contributed by atoms with Crippen LogP contribution in [0.1, 0.15) is 30.4 Å². The molecular formula is C30H32ClNO8. The first-order valence-corrected chi connectivity index (χ1v) is 13.3. The summed E-state index contributed by atoms with van der Waals surface area (Å²) in [4.78, 5) is 38.9. The Morgan fingerprint density at radius 1 is 1.15 bits per heavy atom. The molecule has 0 radical (unpaired) electrons. The van der Waals surface area contributed by atoms with E-state index in [4.69, 9.17) is 16.3 Å². The van der Waals surface area contributed by atoms with Gasteiger partial charge in [-0.25, -0.2) is 4.79 Å². The minimum absolute atomic E-state index is 0.0489. The zero-order chi connectivity index (χ0) is 29.0. The van der Waals surface area contributed by atoms with E-state index in [0.29, 0.717) is 33.1 Å². The number of methoxy groups -OCH3 is 2. The fourth-order valence-electron chi connectivity index (χ4n) is 5.76. The smallest absolute Gasteiger partial charge is 0.423 e. The first kappa shape index (κ1) is 29.5. The minimum atomic E-state index is -1.07. The largest absolute Gasteiger partial charge is 0.508 e. The number of aliphatic hydroxyl groups excluding tert-OH is 2. The number of phenols is 1. The molecule has 212 valence electrons. The fraction of sp³-hybridized carbons (Fsp3) is 0.367. The molecule has 0 aromatic heterocycles. The van der Waals surface area contributed by atoms with Crippen LogP contribution in [0.2, 0.25) is 5.02 Å². The van der Waals surface area contributed by atoms with E-state index in [2.05, 4.69) is 4.74 Å². The van der Waals surface area contributed by atoms with Crippen molar-refractivity contribution in [3.8, 4) is 5.75 Å². The van der Waals surface area contributed by atoms with Crippen molar-refractivity contribution < 1.29 is 39.2 Å². The molecule has 2 aliphatic rings. The molecule has 4 atom stereocenters. The predicted octanol–water partition coefficient (Wildman–Crippen LogP) is 4.05. The Bertz CT molecular complexity index is 1340. The number of benzene rings is 2. The Hall–Kier alpha value is -3.50. The van der Waals surface area contributed by atoms with Gasteiger partial charge in [-0.2, -0.15) is 4.90 Å². The van der Waals surface area contributed by atoms with Gasteiger partial charge in [0.15, 0.2) is 0 Å². The van der Waals surface area contributed by atoms with Crippen molar-refractivity contribution in [3.63, 3.8) is 0 Å². The summed E-state index contributed by atoms with van der Waals surface area (Å²) >= 11 is 6.36. The van der Waals surface area contributed by atoms with Crippen LogP contribution in [0.5, 0.6) is 5.75 Å². The van der Waals surface area contributed by atoms with Crippen molar-refractivity contribution in [1.82, 2.24) is 4.90 Å². The van der Waals surface area contributed by atoms with Gasteiger partial charge >= 0.3 is 6.09 Å². The second-order valence-electron chi connectivity index (χ2n) is 9.90. The second kappa shape index (κ2) is 12.8. The van der Waals surface area contributed by atoms with Gasteiger partial charge in [0.25, 0.3) is 0 Å². The molecular weight excluding hydrogens is 538 g/mol. The average molecular weight is 570 g/mol. The van der Waals surface area contributed by atoms with E-state index in [1.54, 1.807) is 12.1 Å². The molecule has 3 amide bonds. The van der Waals surface area contributed by atoms with E-state index in [1.165, 1.54) is 13.2 Å². The molecule has 4 rings (SSSR count). The van der Waals surface area contributed by atoms with E-state index >= 15 is 0 Å². The number of allylic oxidation sites excluding steroid dienone is 1. The summed E-state index contributed by atoms with van der Waals surface area (Å²) in [6.07, 6.45) is 0.504. The number of halogens is 1. The van der Waals surface area contributed by atoms with E-state index in [1.807, 2.05) is 36.4 Å². The van der Waals surface area contributed by atoms with Crippen molar-refractivity contribution in [3.05, 3.63) is 75.8 Å². The molecule has 10 heteroatoms. The zero-order valence-electron chi connectivity index (χ0n) is 22.2. The lowest BCUT2D eigenvalue weighted by Crippen LogP contribution is -2.40. The quantitative estimate of drug-likeness (QED) is 0.234. The summed E-state index contributed by atoms with van der Waals surface area (Å²) in [5.41, 5.74) is 3.55. The minimum Gasteiger partial charge on any atom is -0.508 e. The van der Waals surface area contributed by atoms with Crippen LogP contribution in [0.25, 0.3) is 11.6 Å². The van der Waals surface area contributed by atoms with E-state index < -0.39 is 48.4 Å². The number of aliphatic hydroxyl groups is 2. The number of amides is 3. The first-order chi connectivity index (χ1) is 19.2. The zero-order valence-corrected chi connectivity index (χ0v) is 23.0. The van der Waals surface area contributed by atoms with Gasteiger partial charge in [-0.05, 0) is 71.4 Å². The number of nitrogens with zero attached hydrogens (tertiary/aromatic N) is 1. The molecule has 9 nitrogen and oxygen atoms in total. The summed E-state index contributed by atoms with van der Waals surface area (Å²) in [6.45, 7) is -0.407. The summed E-state index contributed by atoms with van der Waals surface area (Å²) < 4.78 is 9.99. The number of imide groups is 3. The van der Waals surface area contributed by atoms with Crippen molar-refractivity contribution in [2.24, 2.45) is 17.8 Å². The molecule has 40 heavy (non-hydrogen) atoms. The molecule has 2 aromatic rings. The molecule has 2 aromatic carbocycles. The van der Waals surface area contributed by atoms with Gasteiger partial charge in [-0.1, -0.05) is 41.9 Å². The maximum Gasteiger partial charge on any atom is 0.423 e. The number of rotatable bonds is 9. The number of likely N-dealkylation sites (tertiary alicyclic amines) is 1. The summed E-state index contributed by atoms with van der Waals surface area (Å²) in [7, 11) is 2.57. The van der Waals surface area contributed by atoms with E-state index in [-0.39, 0.29) is 25.2 Å². The van der Waals surface area contributed by atoms with Gasteiger partial charge < -0.3 is 24.8 Å². The normalized spacial score (nSPS) is 22.0. The van der Waals surface area contributed by atoms with Gasteiger partial charge in [-0.3, -0.25) is 9.59 Å². The topological polar surface area (TPSA) is 134 Å². The third-order valence-corrected chi connectivity index (χ3v) is 7.89. The standard InChI is InChI=1S/C30H32ClNO8/c1-39-16-20-13-22-27(29(37)32(28(22)36)30(38)40-2)23(15-33)26(20)25(35)11-9-18(17-6-4-3-5-7-17)12-19-8-10-21(34)14-24(19)31/h3-8,10,12,14,22-23,25,27,33-35H,9,11,13,15-16H2,1-2H3/b18-12-/t22-,23+,25-,27-/m1/s1. The Morgan fingerprint density at radius 2 is 1.88 bits per heavy atom. The monoisotopic (exact) mass is 569 g/mol. The van der Waals surface area contributed by atoms with Crippen molar-refractivity contribution in [2.75, 3.05) is 27.4 Å². The molecule has 1 fully saturated rings. The van der Waals surface area contributed by atoms with Gasteiger partial charge in [0, 0.05) is 13.0 Å². The van der Waals surface area contributed by atoms with E-state index in [9.17, 15) is 29.7 Å². The third kappa shape index (κ3) is 5.83. The average Bonchev–Trinajstić information content (AvgIpc) is 3.20. The molecule has 0 unspecified atom stereocenters. The van der Waals surface area contributed by atoms with Crippen LogP contribution in [0.15, 0.2) is 59.7 Å². The number of aromatic hydroxyl groups is 1. The Morgan fingerprint density at radius 3 is 2.50 bits per heavy atom.